The zero-order valence-electron chi connectivity index (χ0n) is 14.9. The molecular formula is C19H19BrN4O4. The molecule has 0 aliphatic carbocycles. The zero-order chi connectivity index (χ0) is 20.7. The van der Waals surface area contributed by atoms with Crippen LogP contribution in [0.15, 0.2) is 44.4 Å². The molecule has 146 valence electrons. The summed E-state index contributed by atoms with van der Waals surface area (Å²) in [7, 11) is 0. The van der Waals surface area contributed by atoms with Gasteiger partial charge in [0.15, 0.2) is 0 Å². The minimum absolute atomic E-state index is 0.0722. The van der Waals surface area contributed by atoms with Crippen molar-refractivity contribution >= 4 is 39.4 Å². The summed E-state index contributed by atoms with van der Waals surface area (Å²) < 4.78 is 2.76. The quantitative estimate of drug-likeness (QED) is 0.433. The Morgan fingerprint density at radius 1 is 1.36 bits per heavy atom. The maximum absolute atomic E-state index is 12.6. The molecule has 0 saturated heterocycles. The van der Waals surface area contributed by atoms with E-state index in [1.165, 1.54) is 6.08 Å². The van der Waals surface area contributed by atoms with Crippen LogP contribution >= 0.6 is 15.9 Å². The number of rotatable bonds is 7. The Bertz CT molecular complexity index is 1060. The van der Waals surface area contributed by atoms with E-state index in [0.29, 0.717) is 0 Å². The molecule has 0 aliphatic rings. The van der Waals surface area contributed by atoms with Crippen molar-refractivity contribution in [3.63, 3.8) is 0 Å². The molecule has 2 aromatic rings. The van der Waals surface area contributed by atoms with Crippen LogP contribution in [0.4, 0.5) is 11.5 Å². The van der Waals surface area contributed by atoms with Crippen LogP contribution in [0.25, 0.3) is 6.08 Å². The Hall–Kier alpha value is -3.09. The molecule has 0 bridgehead atoms. The predicted octanol–water partition coefficient (Wildman–Crippen LogP) is 1.02. The van der Waals surface area contributed by atoms with Crippen molar-refractivity contribution < 1.29 is 9.90 Å². The summed E-state index contributed by atoms with van der Waals surface area (Å²) in [4.78, 5) is 37.3. The van der Waals surface area contributed by atoms with E-state index in [2.05, 4.69) is 27.2 Å². The van der Waals surface area contributed by atoms with E-state index in [4.69, 9.17) is 17.3 Å². The van der Waals surface area contributed by atoms with Gasteiger partial charge in [-0.25, -0.2) is 9.36 Å². The average molecular weight is 447 g/mol. The molecule has 1 aromatic heterocycles. The van der Waals surface area contributed by atoms with E-state index < -0.39 is 17.2 Å². The van der Waals surface area contributed by atoms with Gasteiger partial charge in [0, 0.05) is 23.7 Å². The van der Waals surface area contributed by atoms with E-state index in [9.17, 15) is 14.4 Å². The molecule has 1 heterocycles. The number of carbonyl (C=O) groups is 1. The largest absolute Gasteiger partial charge is 0.396 e. The van der Waals surface area contributed by atoms with Gasteiger partial charge < -0.3 is 16.2 Å². The molecule has 0 atom stereocenters. The molecule has 1 amide bonds. The first-order valence-electron chi connectivity index (χ1n) is 8.31. The van der Waals surface area contributed by atoms with Crippen LogP contribution in [0, 0.1) is 12.3 Å². The Kier molecular flexibility index (Phi) is 7.37. The average Bonchev–Trinajstić information content (AvgIpc) is 2.67. The molecule has 0 unspecified atom stereocenters. The molecule has 2 rings (SSSR count). The summed E-state index contributed by atoms with van der Waals surface area (Å²) in [6.45, 7) is -0.367. The van der Waals surface area contributed by atoms with Crippen molar-refractivity contribution in [2.75, 3.05) is 17.7 Å². The van der Waals surface area contributed by atoms with Crippen molar-refractivity contribution in [3.05, 3.63) is 61.2 Å². The Balaban J connectivity index is 2.39. The number of aromatic nitrogens is 2. The second-order valence-electron chi connectivity index (χ2n) is 5.74. The number of benzene rings is 1. The predicted molar refractivity (Wildman–Crippen MR) is 112 cm³/mol. The first-order chi connectivity index (χ1) is 13.4. The van der Waals surface area contributed by atoms with Crippen LogP contribution < -0.4 is 22.3 Å². The minimum Gasteiger partial charge on any atom is -0.396 e. The smallest absolute Gasteiger partial charge is 0.333 e. The van der Waals surface area contributed by atoms with Gasteiger partial charge >= 0.3 is 5.69 Å². The number of aliphatic hydroxyl groups excluding tert-OH is 1. The standard InChI is InChI=1S/C19H19BrN4O4/c1-2-9-24-18(27)16(17(21)23(19(24)28)10-4-11-25)22-15(26)8-7-13-5-3-6-14(20)12-13/h1,3,5-8,12,25H,4,9-11,21H2,(H,22,26)/b8-7+. The number of amides is 1. The minimum atomic E-state index is -0.787. The molecule has 0 aliphatic heterocycles. The van der Waals surface area contributed by atoms with Gasteiger partial charge in [0.2, 0.25) is 5.91 Å². The number of aliphatic hydroxyl groups is 1. The molecule has 0 spiro atoms. The maximum Gasteiger partial charge on any atom is 0.333 e. The van der Waals surface area contributed by atoms with Gasteiger partial charge in [0.25, 0.3) is 5.56 Å². The molecule has 4 N–H and O–H groups in total. The fraction of sp³-hybridized carbons (Fsp3) is 0.211. The second kappa shape index (κ2) is 9.73. The van der Waals surface area contributed by atoms with Gasteiger partial charge in [0.05, 0.1) is 6.54 Å². The molecule has 0 saturated carbocycles. The van der Waals surface area contributed by atoms with Gasteiger partial charge in [-0.15, -0.1) is 6.42 Å². The van der Waals surface area contributed by atoms with Crippen molar-refractivity contribution in [3.8, 4) is 12.3 Å². The van der Waals surface area contributed by atoms with E-state index in [1.807, 2.05) is 18.2 Å². The van der Waals surface area contributed by atoms with E-state index in [1.54, 1.807) is 12.1 Å². The topological polar surface area (TPSA) is 119 Å². The Labute approximate surface area is 169 Å². The number of nitrogens with zero attached hydrogens (tertiary/aromatic N) is 2. The molecular weight excluding hydrogens is 428 g/mol. The number of hydrogen-bond acceptors (Lipinski definition) is 5. The third kappa shape index (κ3) is 5.00. The highest BCUT2D eigenvalue weighted by Crippen LogP contribution is 2.14. The SMILES string of the molecule is C#CCn1c(=O)c(NC(=O)/C=C/c2cccc(Br)c2)c(N)n(CCCO)c1=O. The highest BCUT2D eigenvalue weighted by molar-refractivity contribution is 9.10. The second-order valence-corrected chi connectivity index (χ2v) is 6.66. The number of nitrogens with two attached hydrogens (primary N) is 1. The lowest BCUT2D eigenvalue weighted by Gasteiger charge is -2.15. The number of anilines is 2. The molecule has 8 nitrogen and oxygen atoms in total. The van der Waals surface area contributed by atoms with E-state index >= 15 is 0 Å². The van der Waals surface area contributed by atoms with Crippen LogP contribution in [0.5, 0.6) is 0 Å². The highest BCUT2D eigenvalue weighted by Gasteiger charge is 2.18. The number of nitrogens with one attached hydrogen (secondary N) is 1. The lowest BCUT2D eigenvalue weighted by Crippen LogP contribution is -2.42. The molecule has 28 heavy (non-hydrogen) atoms. The van der Waals surface area contributed by atoms with Gasteiger partial charge in [-0.3, -0.25) is 14.2 Å². The van der Waals surface area contributed by atoms with Crippen LogP contribution in [-0.2, 0) is 17.9 Å². The number of hydrogen-bond donors (Lipinski definition) is 3. The number of nitrogen functional groups attached to an aromatic ring is 1. The first kappa shape index (κ1) is 21.2. The summed E-state index contributed by atoms with van der Waals surface area (Å²) in [6, 6.07) is 7.28. The highest BCUT2D eigenvalue weighted by atomic mass is 79.9. The number of carbonyl (C=O) groups excluding carboxylic acids is 1. The van der Waals surface area contributed by atoms with Crippen molar-refractivity contribution in [2.24, 2.45) is 0 Å². The summed E-state index contributed by atoms with van der Waals surface area (Å²) in [5.41, 5.74) is 4.99. The Morgan fingerprint density at radius 2 is 2.11 bits per heavy atom. The third-order valence-corrected chi connectivity index (χ3v) is 4.27. The zero-order valence-corrected chi connectivity index (χ0v) is 16.5. The van der Waals surface area contributed by atoms with Crippen LogP contribution in [-0.4, -0.2) is 26.8 Å². The van der Waals surface area contributed by atoms with Crippen LogP contribution in [0.1, 0.15) is 12.0 Å². The number of halogens is 1. The molecule has 1 aromatic carbocycles. The van der Waals surface area contributed by atoms with Crippen LogP contribution in [0.3, 0.4) is 0 Å². The normalized spacial score (nSPS) is 10.8. The fourth-order valence-corrected chi connectivity index (χ4v) is 2.87. The summed E-state index contributed by atoms with van der Waals surface area (Å²) in [5.74, 6) is 1.44. The Morgan fingerprint density at radius 3 is 2.75 bits per heavy atom. The number of terminal acetylenes is 1. The first-order valence-corrected chi connectivity index (χ1v) is 9.10. The van der Waals surface area contributed by atoms with Gasteiger partial charge in [0.1, 0.15) is 11.5 Å². The lowest BCUT2D eigenvalue weighted by molar-refractivity contribution is -0.111. The molecule has 0 fully saturated rings. The van der Waals surface area contributed by atoms with Crippen LogP contribution in [0.2, 0.25) is 0 Å². The maximum atomic E-state index is 12.6. The van der Waals surface area contributed by atoms with E-state index in [0.717, 1.165) is 19.2 Å². The summed E-state index contributed by atoms with van der Waals surface area (Å²) in [6.07, 6.45) is 8.29. The van der Waals surface area contributed by atoms with Gasteiger partial charge in [-0.2, -0.15) is 0 Å². The van der Waals surface area contributed by atoms with Gasteiger partial charge in [-0.1, -0.05) is 34.0 Å². The molecule has 0 radical (unpaired) electrons. The van der Waals surface area contributed by atoms with Crippen molar-refractivity contribution in [1.29, 1.82) is 0 Å². The van der Waals surface area contributed by atoms with Crippen molar-refractivity contribution in [1.82, 2.24) is 9.13 Å². The van der Waals surface area contributed by atoms with Gasteiger partial charge in [-0.05, 0) is 30.2 Å². The lowest BCUT2D eigenvalue weighted by atomic mass is 10.2. The third-order valence-electron chi connectivity index (χ3n) is 3.78. The molecule has 9 heteroatoms. The monoisotopic (exact) mass is 446 g/mol. The summed E-state index contributed by atoms with van der Waals surface area (Å²) in [5, 5.41) is 11.4. The van der Waals surface area contributed by atoms with E-state index in [-0.39, 0.29) is 37.6 Å². The summed E-state index contributed by atoms with van der Waals surface area (Å²) >= 11 is 3.34. The fourth-order valence-electron chi connectivity index (χ4n) is 2.46. The van der Waals surface area contributed by atoms with Crippen molar-refractivity contribution in [2.45, 2.75) is 19.5 Å².